The number of aliphatic hydroxyl groups is 1. The number of hydrogen-bond donors (Lipinski definition) is 2. The lowest BCUT2D eigenvalue weighted by Gasteiger charge is -2.06. The van der Waals surface area contributed by atoms with Gasteiger partial charge in [-0.3, -0.25) is 0 Å². The van der Waals surface area contributed by atoms with Gasteiger partial charge < -0.3 is 10.4 Å². The van der Waals surface area contributed by atoms with Gasteiger partial charge in [-0.1, -0.05) is 0 Å². The summed E-state index contributed by atoms with van der Waals surface area (Å²) >= 11 is 0. The quantitative estimate of drug-likeness (QED) is 0.734. The summed E-state index contributed by atoms with van der Waals surface area (Å²) in [6.07, 6.45) is 0.263. The zero-order chi connectivity index (χ0) is 11.3. The lowest BCUT2D eigenvalue weighted by Crippen LogP contribution is -2.18. The van der Waals surface area contributed by atoms with E-state index in [1.165, 1.54) is 12.1 Å². The second-order valence-corrected chi connectivity index (χ2v) is 3.59. The molecule has 2 N–H and O–H groups in total. The molecular formula is C11H15F2NO. The van der Waals surface area contributed by atoms with Gasteiger partial charge in [-0.2, -0.15) is 0 Å². The van der Waals surface area contributed by atoms with Crippen LogP contribution in [0.2, 0.25) is 0 Å². The molecule has 0 aliphatic heterocycles. The standard InChI is InChI=1S/C11H15F2NO/c1-8(15)2-3-14-7-9-4-10(12)6-11(13)5-9/h4-6,8,14-15H,2-3,7H2,1H3. The van der Waals surface area contributed by atoms with Crippen molar-refractivity contribution in [3.63, 3.8) is 0 Å². The van der Waals surface area contributed by atoms with E-state index in [4.69, 9.17) is 5.11 Å². The normalized spacial score (nSPS) is 12.8. The molecule has 1 unspecified atom stereocenters. The lowest BCUT2D eigenvalue weighted by molar-refractivity contribution is 0.183. The Bertz CT molecular complexity index is 295. The van der Waals surface area contributed by atoms with Crippen molar-refractivity contribution in [2.75, 3.05) is 6.54 Å². The predicted molar refractivity (Wildman–Crippen MR) is 54.4 cm³/mol. The van der Waals surface area contributed by atoms with Crippen LogP contribution in [0.4, 0.5) is 8.78 Å². The largest absolute Gasteiger partial charge is 0.393 e. The summed E-state index contributed by atoms with van der Waals surface area (Å²) < 4.78 is 25.5. The van der Waals surface area contributed by atoms with Gasteiger partial charge in [-0.15, -0.1) is 0 Å². The molecule has 1 aromatic rings. The minimum absolute atomic E-state index is 0.359. The molecule has 0 amide bonds. The molecule has 0 aliphatic rings. The Hall–Kier alpha value is -1.00. The van der Waals surface area contributed by atoms with E-state index in [1.54, 1.807) is 6.92 Å². The number of halogens is 2. The third-order valence-corrected chi connectivity index (χ3v) is 1.99. The molecule has 15 heavy (non-hydrogen) atoms. The van der Waals surface area contributed by atoms with Crippen LogP contribution in [0.1, 0.15) is 18.9 Å². The van der Waals surface area contributed by atoms with Crippen molar-refractivity contribution < 1.29 is 13.9 Å². The van der Waals surface area contributed by atoms with E-state index in [0.29, 0.717) is 25.1 Å². The van der Waals surface area contributed by atoms with Gasteiger partial charge in [0.05, 0.1) is 6.10 Å². The van der Waals surface area contributed by atoms with Gasteiger partial charge in [0, 0.05) is 12.6 Å². The Morgan fingerprint density at radius 3 is 2.40 bits per heavy atom. The molecule has 2 nitrogen and oxygen atoms in total. The molecule has 0 saturated carbocycles. The highest BCUT2D eigenvalue weighted by Crippen LogP contribution is 2.07. The van der Waals surface area contributed by atoms with Gasteiger partial charge in [-0.25, -0.2) is 8.78 Å². The summed E-state index contributed by atoms with van der Waals surface area (Å²) in [6.45, 7) is 2.72. The lowest BCUT2D eigenvalue weighted by atomic mass is 10.2. The summed E-state index contributed by atoms with van der Waals surface area (Å²) in [4.78, 5) is 0. The van der Waals surface area contributed by atoms with Crippen LogP contribution in [0.15, 0.2) is 18.2 Å². The molecule has 84 valence electrons. The van der Waals surface area contributed by atoms with E-state index in [2.05, 4.69) is 5.32 Å². The van der Waals surface area contributed by atoms with E-state index < -0.39 is 11.6 Å². The summed E-state index contributed by atoms with van der Waals surface area (Å²) in [5.41, 5.74) is 0.568. The minimum atomic E-state index is -0.567. The van der Waals surface area contributed by atoms with E-state index >= 15 is 0 Å². The SMILES string of the molecule is CC(O)CCNCc1cc(F)cc(F)c1. The third-order valence-electron chi connectivity index (χ3n) is 1.99. The van der Waals surface area contributed by atoms with Crippen molar-refractivity contribution in [3.05, 3.63) is 35.4 Å². The van der Waals surface area contributed by atoms with Gasteiger partial charge in [0.15, 0.2) is 0 Å². The van der Waals surface area contributed by atoms with Crippen LogP contribution in [0.25, 0.3) is 0 Å². The first-order valence-corrected chi connectivity index (χ1v) is 4.91. The Labute approximate surface area is 87.9 Å². The highest BCUT2D eigenvalue weighted by atomic mass is 19.1. The molecule has 0 aromatic heterocycles. The molecule has 4 heteroatoms. The molecule has 1 rings (SSSR count). The fraction of sp³-hybridized carbons (Fsp3) is 0.455. The van der Waals surface area contributed by atoms with Gasteiger partial charge in [-0.05, 0) is 37.6 Å². The molecule has 0 spiro atoms. The molecule has 0 bridgehead atoms. The Morgan fingerprint density at radius 1 is 1.27 bits per heavy atom. The maximum Gasteiger partial charge on any atom is 0.126 e. The van der Waals surface area contributed by atoms with Crippen LogP contribution < -0.4 is 5.32 Å². The first-order chi connectivity index (χ1) is 7.08. The van der Waals surface area contributed by atoms with Crippen LogP contribution in [-0.2, 0) is 6.54 Å². The summed E-state index contributed by atoms with van der Waals surface area (Å²) in [6, 6.07) is 3.43. The first-order valence-electron chi connectivity index (χ1n) is 4.91. The van der Waals surface area contributed by atoms with Crippen LogP contribution in [-0.4, -0.2) is 17.8 Å². The molecule has 0 saturated heterocycles. The third kappa shape index (κ3) is 4.85. The minimum Gasteiger partial charge on any atom is -0.393 e. The van der Waals surface area contributed by atoms with Crippen LogP contribution in [0.5, 0.6) is 0 Å². The van der Waals surface area contributed by atoms with Gasteiger partial charge in [0.25, 0.3) is 0 Å². The smallest absolute Gasteiger partial charge is 0.126 e. The molecule has 0 aliphatic carbocycles. The number of benzene rings is 1. The predicted octanol–water partition coefficient (Wildman–Crippen LogP) is 1.83. The van der Waals surface area contributed by atoms with Crippen LogP contribution in [0, 0.1) is 11.6 Å². The number of rotatable bonds is 5. The zero-order valence-corrected chi connectivity index (χ0v) is 8.63. The fourth-order valence-corrected chi connectivity index (χ4v) is 1.26. The van der Waals surface area contributed by atoms with Crippen molar-refractivity contribution >= 4 is 0 Å². The average molecular weight is 215 g/mol. The molecule has 1 aromatic carbocycles. The zero-order valence-electron chi connectivity index (χ0n) is 8.63. The maximum absolute atomic E-state index is 12.8. The molecule has 1 atom stereocenters. The van der Waals surface area contributed by atoms with E-state index in [1.807, 2.05) is 0 Å². The number of hydrogen-bond acceptors (Lipinski definition) is 2. The second-order valence-electron chi connectivity index (χ2n) is 3.59. The highest BCUT2D eigenvalue weighted by Gasteiger charge is 2.00. The van der Waals surface area contributed by atoms with E-state index in [-0.39, 0.29) is 6.10 Å². The number of nitrogens with one attached hydrogen (secondary N) is 1. The average Bonchev–Trinajstić information content (AvgIpc) is 2.10. The monoisotopic (exact) mass is 215 g/mol. The van der Waals surface area contributed by atoms with Crippen LogP contribution in [0.3, 0.4) is 0 Å². The van der Waals surface area contributed by atoms with Crippen LogP contribution >= 0.6 is 0 Å². The van der Waals surface area contributed by atoms with Gasteiger partial charge in [0.1, 0.15) is 11.6 Å². The van der Waals surface area contributed by atoms with Gasteiger partial charge in [0.2, 0.25) is 0 Å². The van der Waals surface area contributed by atoms with Gasteiger partial charge >= 0.3 is 0 Å². The highest BCUT2D eigenvalue weighted by molar-refractivity contribution is 5.17. The topological polar surface area (TPSA) is 32.3 Å². The van der Waals surface area contributed by atoms with Crippen molar-refractivity contribution in [3.8, 4) is 0 Å². The first kappa shape index (κ1) is 12.1. The second kappa shape index (κ2) is 5.78. The van der Waals surface area contributed by atoms with Crippen molar-refractivity contribution in [1.82, 2.24) is 5.32 Å². The molecular weight excluding hydrogens is 200 g/mol. The fourth-order valence-electron chi connectivity index (χ4n) is 1.26. The van der Waals surface area contributed by atoms with Crippen molar-refractivity contribution in [1.29, 1.82) is 0 Å². The van der Waals surface area contributed by atoms with E-state index in [0.717, 1.165) is 6.07 Å². The Balaban J connectivity index is 2.37. The molecule has 0 radical (unpaired) electrons. The summed E-state index contributed by atoms with van der Waals surface area (Å²) in [5.74, 6) is -1.13. The maximum atomic E-state index is 12.8. The van der Waals surface area contributed by atoms with Crippen molar-refractivity contribution in [2.45, 2.75) is 26.0 Å². The molecule has 0 fully saturated rings. The number of aliphatic hydroxyl groups excluding tert-OH is 1. The molecule has 0 heterocycles. The summed E-state index contributed by atoms with van der Waals surface area (Å²) in [5, 5.41) is 12.0. The summed E-state index contributed by atoms with van der Waals surface area (Å²) in [7, 11) is 0. The Kier molecular flexibility index (Phi) is 4.65. The van der Waals surface area contributed by atoms with E-state index in [9.17, 15) is 8.78 Å². The van der Waals surface area contributed by atoms with Crippen molar-refractivity contribution in [2.24, 2.45) is 0 Å². The Morgan fingerprint density at radius 2 is 1.87 bits per heavy atom.